The molecular formula is C28H29IN4O5. The van der Waals surface area contributed by atoms with Gasteiger partial charge in [-0.05, 0) is 102 Å². The van der Waals surface area contributed by atoms with Crippen LogP contribution < -0.4 is 25.5 Å². The third kappa shape index (κ3) is 7.78. The molecule has 0 aliphatic carbocycles. The van der Waals surface area contributed by atoms with Gasteiger partial charge in [0.05, 0.1) is 16.9 Å². The fourth-order valence-electron chi connectivity index (χ4n) is 3.73. The maximum atomic E-state index is 12.4. The van der Waals surface area contributed by atoms with Gasteiger partial charge in [-0.1, -0.05) is 24.3 Å². The van der Waals surface area contributed by atoms with Crippen molar-refractivity contribution in [3.63, 3.8) is 0 Å². The Morgan fingerprint density at radius 1 is 0.921 bits per heavy atom. The quantitative estimate of drug-likeness (QED) is 0.146. The first-order valence-electron chi connectivity index (χ1n) is 11.7. The van der Waals surface area contributed by atoms with Crippen LogP contribution in [0.4, 0.5) is 11.4 Å². The van der Waals surface area contributed by atoms with Gasteiger partial charge in [0.2, 0.25) is 0 Å². The number of methoxy groups -OCH3 is 1. The standard InChI is InChI=1S/C28H29IN4O5/c1-16-9-17(2)11-21(10-16)31-24(34)15-38-26-22(29)12-20(13-23(26)37-5)14-30-33-28(36)27(35)32-25-18(3)7-6-8-19(25)4/h6-14H,15H2,1-5H3,(H,31,34)(H,32,35)(H,33,36)/b30-14-. The van der Waals surface area contributed by atoms with Gasteiger partial charge in [0.1, 0.15) is 0 Å². The molecule has 0 saturated carbocycles. The van der Waals surface area contributed by atoms with Gasteiger partial charge in [0.25, 0.3) is 5.91 Å². The van der Waals surface area contributed by atoms with E-state index < -0.39 is 11.8 Å². The fraction of sp³-hybridized carbons (Fsp3) is 0.214. The SMILES string of the molecule is COc1cc(/C=N\NC(=O)C(=O)Nc2c(C)cccc2C)cc(I)c1OCC(=O)Nc1cc(C)cc(C)c1. The predicted octanol–water partition coefficient (Wildman–Crippen LogP) is 4.64. The van der Waals surface area contributed by atoms with E-state index in [0.29, 0.717) is 32.0 Å². The number of aryl methyl sites for hydroxylation is 4. The number of amides is 3. The molecule has 0 saturated heterocycles. The van der Waals surface area contributed by atoms with E-state index in [2.05, 4.69) is 43.8 Å². The summed E-state index contributed by atoms with van der Waals surface area (Å²) in [6.07, 6.45) is 1.38. The molecule has 38 heavy (non-hydrogen) atoms. The van der Waals surface area contributed by atoms with E-state index in [4.69, 9.17) is 9.47 Å². The summed E-state index contributed by atoms with van der Waals surface area (Å²) in [5.41, 5.74) is 7.90. The smallest absolute Gasteiger partial charge is 0.329 e. The lowest BCUT2D eigenvalue weighted by Crippen LogP contribution is -2.32. The van der Waals surface area contributed by atoms with Crippen molar-refractivity contribution in [2.75, 3.05) is 24.4 Å². The highest BCUT2D eigenvalue weighted by atomic mass is 127. The first kappa shape index (κ1) is 28.6. The average Bonchev–Trinajstić information content (AvgIpc) is 2.84. The van der Waals surface area contributed by atoms with Crippen LogP contribution >= 0.6 is 22.6 Å². The summed E-state index contributed by atoms with van der Waals surface area (Å²) < 4.78 is 11.8. The molecule has 3 rings (SSSR count). The van der Waals surface area contributed by atoms with E-state index in [1.807, 2.05) is 64.1 Å². The Bertz CT molecular complexity index is 1360. The molecule has 3 aromatic rings. The number of para-hydroxylation sites is 1. The highest BCUT2D eigenvalue weighted by Crippen LogP contribution is 2.33. The molecule has 0 aliphatic rings. The van der Waals surface area contributed by atoms with Crippen LogP contribution in [0.25, 0.3) is 0 Å². The Balaban J connectivity index is 1.60. The van der Waals surface area contributed by atoms with E-state index in [-0.39, 0.29) is 12.5 Å². The van der Waals surface area contributed by atoms with Crippen LogP contribution in [0, 0.1) is 31.3 Å². The Kier molecular flexibility index (Phi) is 9.83. The van der Waals surface area contributed by atoms with Crippen LogP contribution in [0.15, 0.2) is 53.6 Å². The zero-order valence-electron chi connectivity index (χ0n) is 21.8. The Labute approximate surface area is 235 Å². The molecule has 9 nitrogen and oxygen atoms in total. The van der Waals surface area contributed by atoms with Crippen molar-refractivity contribution in [2.45, 2.75) is 27.7 Å². The van der Waals surface area contributed by atoms with Gasteiger partial charge in [-0.15, -0.1) is 0 Å². The van der Waals surface area contributed by atoms with Crippen LogP contribution in [-0.4, -0.2) is 37.7 Å². The molecular weight excluding hydrogens is 599 g/mol. The number of hydrogen-bond acceptors (Lipinski definition) is 6. The number of rotatable bonds is 8. The molecule has 3 aromatic carbocycles. The number of halogens is 1. The first-order valence-corrected chi connectivity index (χ1v) is 12.7. The maximum Gasteiger partial charge on any atom is 0.329 e. The second kappa shape index (κ2) is 13.0. The van der Waals surface area contributed by atoms with E-state index in [1.54, 1.807) is 12.1 Å². The lowest BCUT2D eigenvalue weighted by atomic mass is 10.1. The Hall–Kier alpha value is -3.93. The van der Waals surface area contributed by atoms with Gasteiger partial charge >= 0.3 is 11.8 Å². The Morgan fingerprint density at radius 2 is 1.58 bits per heavy atom. The molecule has 0 unspecified atom stereocenters. The largest absolute Gasteiger partial charge is 0.493 e. The number of carbonyl (C=O) groups excluding carboxylic acids is 3. The highest BCUT2D eigenvalue weighted by molar-refractivity contribution is 14.1. The van der Waals surface area contributed by atoms with E-state index >= 15 is 0 Å². The van der Waals surface area contributed by atoms with Crippen molar-refractivity contribution in [1.29, 1.82) is 0 Å². The molecule has 198 valence electrons. The van der Waals surface area contributed by atoms with Gasteiger partial charge in [0, 0.05) is 11.4 Å². The number of hydrogen-bond donors (Lipinski definition) is 3. The monoisotopic (exact) mass is 628 g/mol. The van der Waals surface area contributed by atoms with Crippen molar-refractivity contribution >= 4 is 57.9 Å². The van der Waals surface area contributed by atoms with Crippen LogP contribution in [-0.2, 0) is 14.4 Å². The first-order chi connectivity index (χ1) is 18.1. The molecule has 0 heterocycles. The molecule has 0 bridgehead atoms. The number of ether oxygens (including phenoxy) is 2. The molecule has 0 fully saturated rings. The second-order valence-corrected chi connectivity index (χ2v) is 9.83. The molecule has 0 spiro atoms. The van der Waals surface area contributed by atoms with Crippen LogP contribution in [0.1, 0.15) is 27.8 Å². The van der Waals surface area contributed by atoms with Crippen molar-refractivity contribution in [1.82, 2.24) is 5.43 Å². The zero-order chi connectivity index (χ0) is 27.8. The normalized spacial score (nSPS) is 10.7. The summed E-state index contributed by atoms with van der Waals surface area (Å²) in [7, 11) is 1.48. The molecule has 0 aromatic heterocycles. The zero-order valence-corrected chi connectivity index (χ0v) is 23.9. The summed E-state index contributed by atoms with van der Waals surface area (Å²) in [6.45, 7) is 7.41. The van der Waals surface area contributed by atoms with E-state index in [0.717, 1.165) is 22.3 Å². The van der Waals surface area contributed by atoms with Gasteiger partial charge in [-0.3, -0.25) is 14.4 Å². The third-order valence-electron chi connectivity index (χ3n) is 5.41. The van der Waals surface area contributed by atoms with Gasteiger partial charge in [0.15, 0.2) is 18.1 Å². The van der Waals surface area contributed by atoms with Gasteiger partial charge in [-0.2, -0.15) is 5.10 Å². The molecule has 10 heteroatoms. The second-order valence-electron chi connectivity index (χ2n) is 8.67. The lowest BCUT2D eigenvalue weighted by molar-refractivity contribution is -0.136. The number of anilines is 2. The Morgan fingerprint density at radius 3 is 2.21 bits per heavy atom. The summed E-state index contributed by atoms with van der Waals surface area (Å²) in [4.78, 5) is 36.9. The number of nitrogens with zero attached hydrogens (tertiary/aromatic N) is 1. The molecule has 3 N–H and O–H groups in total. The average molecular weight is 628 g/mol. The summed E-state index contributed by atoms with van der Waals surface area (Å²) >= 11 is 2.06. The molecule has 0 aliphatic heterocycles. The number of carbonyl (C=O) groups is 3. The van der Waals surface area contributed by atoms with Gasteiger partial charge in [-0.25, -0.2) is 5.43 Å². The van der Waals surface area contributed by atoms with Crippen molar-refractivity contribution in [3.05, 3.63) is 79.9 Å². The molecule has 3 amide bonds. The third-order valence-corrected chi connectivity index (χ3v) is 6.21. The molecule has 0 radical (unpaired) electrons. The van der Waals surface area contributed by atoms with Crippen molar-refractivity contribution in [2.24, 2.45) is 5.10 Å². The highest BCUT2D eigenvalue weighted by Gasteiger charge is 2.16. The predicted molar refractivity (Wildman–Crippen MR) is 156 cm³/mol. The minimum atomic E-state index is -0.902. The number of hydrazone groups is 1. The summed E-state index contributed by atoms with van der Waals surface area (Å²) in [6, 6.07) is 14.7. The number of benzene rings is 3. The fourth-order valence-corrected chi connectivity index (χ4v) is 4.52. The van der Waals surface area contributed by atoms with Gasteiger partial charge < -0.3 is 20.1 Å². The minimum absolute atomic E-state index is 0.210. The number of nitrogens with one attached hydrogen (secondary N) is 3. The van der Waals surface area contributed by atoms with E-state index in [1.165, 1.54) is 13.3 Å². The summed E-state index contributed by atoms with van der Waals surface area (Å²) in [5, 5.41) is 9.32. The lowest BCUT2D eigenvalue weighted by Gasteiger charge is -2.14. The molecule has 0 atom stereocenters. The van der Waals surface area contributed by atoms with Crippen molar-refractivity contribution < 1.29 is 23.9 Å². The van der Waals surface area contributed by atoms with Crippen LogP contribution in [0.5, 0.6) is 11.5 Å². The minimum Gasteiger partial charge on any atom is -0.493 e. The van der Waals surface area contributed by atoms with Crippen molar-refractivity contribution in [3.8, 4) is 11.5 Å². The maximum absolute atomic E-state index is 12.4. The summed E-state index contributed by atoms with van der Waals surface area (Å²) in [5.74, 6) is -1.25. The van der Waals surface area contributed by atoms with Crippen LogP contribution in [0.2, 0.25) is 0 Å². The van der Waals surface area contributed by atoms with Crippen LogP contribution in [0.3, 0.4) is 0 Å². The van der Waals surface area contributed by atoms with E-state index in [9.17, 15) is 14.4 Å². The topological polar surface area (TPSA) is 118 Å².